The van der Waals surface area contributed by atoms with Gasteiger partial charge in [-0.3, -0.25) is 9.69 Å². The molecule has 0 amide bonds. The SMILES string of the molecule is CC[C@H]1OC(=O)[C@H](C)[C@@H](O)[C@H](C)[C@@H](O[C@@H]2O[C@H](C)C[C@H](N(C)C)[C@H]2O)C(C)(O)CCCN(CCCNCc2ccco2)[C@H](C)[C@@H](O)[C@]1(C)O. The van der Waals surface area contributed by atoms with Gasteiger partial charge in [-0.2, -0.15) is 0 Å². The Balaban J connectivity index is 1.91. The first kappa shape index (κ1) is 41.8. The van der Waals surface area contributed by atoms with Crippen LogP contribution >= 0.6 is 0 Å². The number of ether oxygens (including phenoxy) is 3. The lowest BCUT2D eigenvalue weighted by atomic mass is 9.79. The van der Waals surface area contributed by atoms with Gasteiger partial charge in [0.05, 0.1) is 42.6 Å². The van der Waals surface area contributed by atoms with Crippen molar-refractivity contribution in [1.82, 2.24) is 15.1 Å². The fraction of sp³-hybridized carbons (Fsp3) is 0.861. The van der Waals surface area contributed by atoms with Crippen LogP contribution in [0.15, 0.2) is 22.8 Å². The molecular formula is C36H65N3O10. The molecule has 0 aliphatic carbocycles. The molecule has 13 heteroatoms. The summed E-state index contributed by atoms with van der Waals surface area (Å²) in [5, 5.41) is 61.5. The van der Waals surface area contributed by atoms with Crippen LogP contribution in [-0.2, 0) is 25.5 Å². The Hall–Kier alpha value is -1.65. The van der Waals surface area contributed by atoms with Crippen molar-refractivity contribution in [3.63, 3.8) is 0 Å². The van der Waals surface area contributed by atoms with Crippen molar-refractivity contribution in [3.8, 4) is 0 Å². The maximum atomic E-state index is 13.5. The maximum Gasteiger partial charge on any atom is 0.311 e. The number of aliphatic hydroxyl groups is 5. The van der Waals surface area contributed by atoms with E-state index in [0.717, 1.165) is 12.2 Å². The van der Waals surface area contributed by atoms with E-state index in [-0.39, 0.29) is 25.0 Å². The minimum atomic E-state index is -1.79. The van der Waals surface area contributed by atoms with Gasteiger partial charge >= 0.3 is 5.97 Å². The number of hydrogen-bond acceptors (Lipinski definition) is 13. The van der Waals surface area contributed by atoms with Crippen LogP contribution in [0.3, 0.4) is 0 Å². The third kappa shape index (κ3) is 10.7. The summed E-state index contributed by atoms with van der Waals surface area (Å²) >= 11 is 0. The number of nitrogens with one attached hydrogen (secondary N) is 1. The molecule has 3 rings (SSSR count). The first-order valence-corrected chi connectivity index (χ1v) is 18.1. The lowest BCUT2D eigenvalue weighted by Crippen LogP contribution is -2.59. The highest BCUT2D eigenvalue weighted by Gasteiger charge is 2.49. The molecule has 13 nitrogen and oxygen atoms in total. The number of carbonyl (C=O) groups is 1. The number of carbonyl (C=O) groups excluding carboxylic acids is 1. The summed E-state index contributed by atoms with van der Waals surface area (Å²) in [6.07, 6.45) is -3.07. The topological polar surface area (TPSA) is 178 Å². The highest BCUT2D eigenvalue weighted by atomic mass is 16.7. The van der Waals surface area contributed by atoms with Gasteiger partial charge in [-0.15, -0.1) is 0 Å². The van der Waals surface area contributed by atoms with Gasteiger partial charge < -0.3 is 54.4 Å². The molecule has 2 aliphatic heterocycles. The van der Waals surface area contributed by atoms with Gasteiger partial charge in [0.25, 0.3) is 0 Å². The Morgan fingerprint density at radius 1 is 1.10 bits per heavy atom. The monoisotopic (exact) mass is 699 g/mol. The lowest BCUT2D eigenvalue weighted by molar-refractivity contribution is -0.298. The van der Waals surface area contributed by atoms with Gasteiger partial charge in [-0.1, -0.05) is 13.8 Å². The van der Waals surface area contributed by atoms with E-state index in [1.165, 1.54) is 13.8 Å². The van der Waals surface area contributed by atoms with E-state index in [1.54, 1.807) is 27.0 Å². The maximum absolute atomic E-state index is 13.5. The Labute approximate surface area is 292 Å². The fourth-order valence-corrected chi connectivity index (χ4v) is 7.49. The summed E-state index contributed by atoms with van der Waals surface area (Å²) in [7, 11) is 3.76. The summed E-state index contributed by atoms with van der Waals surface area (Å²) in [6.45, 7) is 14.2. The van der Waals surface area contributed by atoms with E-state index in [4.69, 9.17) is 18.6 Å². The number of furan rings is 1. The first-order valence-electron chi connectivity index (χ1n) is 18.1. The van der Waals surface area contributed by atoms with E-state index in [9.17, 15) is 30.3 Å². The average molecular weight is 700 g/mol. The smallest absolute Gasteiger partial charge is 0.311 e. The second-order valence-electron chi connectivity index (χ2n) is 15.1. The van der Waals surface area contributed by atoms with Gasteiger partial charge in [0, 0.05) is 18.0 Å². The number of aliphatic hydroxyl groups excluding tert-OH is 3. The van der Waals surface area contributed by atoms with Crippen LogP contribution in [-0.4, -0.2) is 141 Å². The minimum Gasteiger partial charge on any atom is -0.468 e. The second-order valence-corrected chi connectivity index (χ2v) is 15.1. The van der Waals surface area contributed by atoms with Crippen molar-refractivity contribution in [1.29, 1.82) is 0 Å². The molecule has 13 atom stereocenters. The number of esters is 1. The molecule has 0 aromatic carbocycles. The van der Waals surface area contributed by atoms with Crippen molar-refractivity contribution < 1.29 is 49.0 Å². The molecule has 2 aliphatic rings. The molecule has 1 unspecified atom stereocenters. The van der Waals surface area contributed by atoms with Crippen LogP contribution in [0.25, 0.3) is 0 Å². The van der Waals surface area contributed by atoms with Crippen LogP contribution in [0.1, 0.15) is 86.3 Å². The molecule has 284 valence electrons. The van der Waals surface area contributed by atoms with Crippen LogP contribution in [0.2, 0.25) is 0 Å². The van der Waals surface area contributed by atoms with Crippen LogP contribution in [0.4, 0.5) is 0 Å². The Bertz CT molecular complexity index is 1120. The normalized spacial score (nSPS) is 40.9. The Morgan fingerprint density at radius 2 is 1.80 bits per heavy atom. The predicted molar refractivity (Wildman–Crippen MR) is 184 cm³/mol. The van der Waals surface area contributed by atoms with Crippen molar-refractivity contribution in [2.24, 2.45) is 11.8 Å². The fourth-order valence-electron chi connectivity index (χ4n) is 7.49. The van der Waals surface area contributed by atoms with Crippen molar-refractivity contribution in [3.05, 3.63) is 24.2 Å². The summed E-state index contributed by atoms with van der Waals surface area (Å²) < 4.78 is 23.7. The quantitative estimate of drug-likeness (QED) is 0.154. The molecule has 0 spiro atoms. The molecule has 49 heavy (non-hydrogen) atoms. The van der Waals surface area contributed by atoms with E-state index in [2.05, 4.69) is 10.2 Å². The Morgan fingerprint density at radius 3 is 2.41 bits per heavy atom. The largest absolute Gasteiger partial charge is 0.468 e. The molecule has 1 aromatic heterocycles. The molecule has 1 aromatic rings. The van der Waals surface area contributed by atoms with Crippen molar-refractivity contribution in [2.45, 2.75) is 153 Å². The molecule has 6 N–H and O–H groups in total. The van der Waals surface area contributed by atoms with Crippen molar-refractivity contribution >= 4 is 5.97 Å². The van der Waals surface area contributed by atoms with Crippen LogP contribution < -0.4 is 5.32 Å². The lowest BCUT2D eigenvalue weighted by Gasteiger charge is -2.46. The van der Waals surface area contributed by atoms with Gasteiger partial charge in [0.15, 0.2) is 6.29 Å². The molecule has 2 fully saturated rings. The summed E-state index contributed by atoms with van der Waals surface area (Å²) in [5.74, 6) is -1.76. The number of hydrogen-bond donors (Lipinski definition) is 6. The predicted octanol–water partition coefficient (Wildman–Crippen LogP) is 1.87. The third-order valence-electron chi connectivity index (χ3n) is 10.8. The first-order chi connectivity index (χ1) is 22.9. The number of nitrogens with zero attached hydrogens (tertiary/aromatic N) is 2. The summed E-state index contributed by atoms with van der Waals surface area (Å²) in [5.41, 5.74) is -3.31. The molecule has 0 bridgehead atoms. The zero-order chi connectivity index (χ0) is 36.7. The van der Waals surface area contributed by atoms with E-state index >= 15 is 0 Å². The van der Waals surface area contributed by atoms with E-state index in [1.807, 2.05) is 45.0 Å². The average Bonchev–Trinajstić information content (AvgIpc) is 3.57. The standard InChI is InChI=1S/C36H65N3O10/c1-10-28-36(7,45)31(42)25(5)39(18-13-16-37-21-26-14-11-19-46-26)17-12-15-35(6,44)32(23(3)29(40)24(4)33(43)48-28)49-34-30(41)27(38(8)9)20-22(2)47-34/h11,14,19,22-25,27-32,34,37,40-42,44-45H,10,12-13,15-18,20-21H2,1-9H3/t22-,23+,24-,25-,27+,28-,29+,30-,31-,32-,34+,35?,36-/m1/s1. The van der Waals surface area contributed by atoms with Gasteiger partial charge in [0.2, 0.25) is 0 Å². The molecule has 2 saturated heterocycles. The molecule has 3 heterocycles. The van der Waals surface area contributed by atoms with E-state index in [0.29, 0.717) is 39.0 Å². The van der Waals surface area contributed by atoms with Crippen LogP contribution in [0.5, 0.6) is 0 Å². The highest BCUT2D eigenvalue weighted by molar-refractivity contribution is 5.73. The van der Waals surface area contributed by atoms with Crippen molar-refractivity contribution in [2.75, 3.05) is 33.7 Å². The Kier molecular flexibility index (Phi) is 15.5. The highest BCUT2D eigenvalue weighted by Crippen LogP contribution is 2.35. The molecule has 0 saturated carbocycles. The van der Waals surface area contributed by atoms with Gasteiger partial charge in [-0.05, 0) is 113 Å². The number of likely N-dealkylation sites (N-methyl/N-ethyl adjacent to an activating group) is 1. The zero-order valence-electron chi connectivity index (χ0n) is 31.1. The van der Waals surface area contributed by atoms with E-state index < -0.39 is 71.9 Å². The second kappa shape index (κ2) is 18.2. The summed E-state index contributed by atoms with van der Waals surface area (Å²) in [4.78, 5) is 17.5. The zero-order valence-corrected chi connectivity index (χ0v) is 31.1. The van der Waals surface area contributed by atoms with Crippen LogP contribution in [0, 0.1) is 11.8 Å². The number of rotatable bonds is 10. The third-order valence-corrected chi connectivity index (χ3v) is 10.8. The van der Waals surface area contributed by atoms with Gasteiger partial charge in [0.1, 0.15) is 29.7 Å². The molecule has 0 radical (unpaired) electrons. The number of cyclic esters (lactones) is 1. The van der Waals surface area contributed by atoms with Gasteiger partial charge in [-0.25, -0.2) is 0 Å². The summed E-state index contributed by atoms with van der Waals surface area (Å²) in [6, 6.07) is 2.96. The molecular weight excluding hydrogens is 634 g/mol. The minimum absolute atomic E-state index is 0.226.